The van der Waals surface area contributed by atoms with Gasteiger partial charge in [-0.15, -0.1) is 5.10 Å². The van der Waals surface area contributed by atoms with E-state index in [1.165, 1.54) is 23.9 Å². The van der Waals surface area contributed by atoms with Crippen LogP contribution >= 0.6 is 11.8 Å². The lowest BCUT2D eigenvalue weighted by atomic mass is 10.1. The minimum absolute atomic E-state index is 0.0436. The van der Waals surface area contributed by atoms with Crippen LogP contribution in [0.25, 0.3) is 5.78 Å². The lowest BCUT2D eigenvalue weighted by Gasteiger charge is -2.12. The molecule has 0 unspecified atom stereocenters. The number of primary sulfonamides is 1. The van der Waals surface area contributed by atoms with Crippen molar-refractivity contribution in [3.63, 3.8) is 0 Å². The normalized spacial score (nSPS) is 11.8. The van der Waals surface area contributed by atoms with Gasteiger partial charge in [0.15, 0.2) is 0 Å². The third kappa shape index (κ3) is 4.41. The van der Waals surface area contributed by atoms with Crippen molar-refractivity contribution < 1.29 is 13.2 Å². The molecule has 3 N–H and O–H groups in total. The first kappa shape index (κ1) is 21.2. The minimum atomic E-state index is -3.87. The van der Waals surface area contributed by atoms with Gasteiger partial charge in [-0.25, -0.2) is 23.1 Å². The lowest BCUT2D eigenvalue weighted by Crippen LogP contribution is -2.17. The Kier molecular flexibility index (Phi) is 5.65. The van der Waals surface area contributed by atoms with E-state index in [-0.39, 0.29) is 16.6 Å². The molecule has 29 heavy (non-hydrogen) atoms. The molecule has 0 radical (unpaired) electrons. The smallest absolute Gasteiger partial charge is 0.253 e. The van der Waals surface area contributed by atoms with Gasteiger partial charge in [0.05, 0.1) is 10.6 Å². The topological polar surface area (TPSA) is 132 Å². The maximum absolute atomic E-state index is 12.4. The molecule has 0 aliphatic carbocycles. The number of thioether (sulfide) groups is 1. The molecule has 0 aliphatic heterocycles. The van der Waals surface area contributed by atoms with E-state index in [0.717, 1.165) is 22.5 Å². The number of nitrogens with zero attached hydrogens (tertiary/aromatic N) is 4. The van der Waals surface area contributed by atoms with Gasteiger partial charge >= 0.3 is 0 Å². The fraction of sp³-hybridized carbons (Fsp3) is 0.333. The summed E-state index contributed by atoms with van der Waals surface area (Å²) in [4.78, 5) is 21.1. The van der Waals surface area contributed by atoms with Crippen molar-refractivity contribution in [1.29, 1.82) is 0 Å². The zero-order valence-electron chi connectivity index (χ0n) is 16.8. The highest BCUT2D eigenvalue weighted by Gasteiger charge is 2.16. The van der Waals surface area contributed by atoms with Crippen LogP contribution in [0.2, 0.25) is 0 Å². The van der Waals surface area contributed by atoms with Crippen molar-refractivity contribution >= 4 is 39.2 Å². The molecule has 0 saturated heterocycles. The SMILES string of the molecule is Cc1cc(S(N)(=O)=O)cc(NC(=O)CSc2nc3nc(C)c(C)c(C)n3n2)c1C. The van der Waals surface area contributed by atoms with Crippen molar-refractivity contribution in [2.45, 2.75) is 44.7 Å². The summed E-state index contributed by atoms with van der Waals surface area (Å²) in [6.45, 7) is 9.38. The van der Waals surface area contributed by atoms with E-state index >= 15 is 0 Å². The monoisotopic (exact) mass is 434 g/mol. The molecule has 2 aromatic heterocycles. The van der Waals surface area contributed by atoms with Crippen LogP contribution < -0.4 is 10.5 Å². The van der Waals surface area contributed by atoms with Crippen molar-refractivity contribution in [3.8, 4) is 0 Å². The van der Waals surface area contributed by atoms with Gasteiger partial charge in [-0.2, -0.15) is 4.98 Å². The summed E-state index contributed by atoms with van der Waals surface area (Å²) in [6, 6.07) is 2.84. The summed E-state index contributed by atoms with van der Waals surface area (Å²) < 4.78 is 24.9. The lowest BCUT2D eigenvalue weighted by molar-refractivity contribution is -0.113. The Morgan fingerprint density at radius 1 is 1.14 bits per heavy atom. The molecule has 154 valence electrons. The zero-order chi connectivity index (χ0) is 21.5. The third-order valence-corrected chi connectivity index (χ3v) is 6.55. The second-order valence-corrected chi connectivity index (χ2v) is 9.31. The average Bonchev–Trinajstić information content (AvgIpc) is 3.04. The highest BCUT2D eigenvalue weighted by Crippen LogP contribution is 2.24. The van der Waals surface area contributed by atoms with Gasteiger partial charge in [0.2, 0.25) is 21.1 Å². The summed E-state index contributed by atoms with van der Waals surface area (Å²) >= 11 is 1.18. The van der Waals surface area contributed by atoms with Crippen LogP contribution in [0.1, 0.15) is 28.1 Å². The molecule has 1 amide bonds. The van der Waals surface area contributed by atoms with Crippen LogP contribution in [0.5, 0.6) is 0 Å². The number of benzene rings is 1. The molecule has 2 heterocycles. The van der Waals surface area contributed by atoms with Gasteiger partial charge in [-0.3, -0.25) is 4.79 Å². The Balaban J connectivity index is 1.76. The molecular formula is C18H22N6O3S2. The van der Waals surface area contributed by atoms with Crippen LogP contribution in [0.15, 0.2) is 22.2 Å². The largest absolute Gasteiger partial charge is 0.325 e. The van der Waals surface area contributed by atoms with Crippen molar-refractivity contribution in [2.75, 3.05) is 11.1 Å². The van der Waals surface area contributed by atoms with E-state index in [4.69, 9.17) is 5.14 Å². The van der Waals surface area contributed by atoms with Crippen LogP contribution in [0, 0.1) is 34.6 Å². The van der Waals surface area contributed by atoms with Gasteiger partial charge in [0.1, 0.15) is 0 Å². The predicted octanol–water partition coefficient (Wildman–Crippen LogP) is 2.04. The number of rotatable bonds is 5. The van der Waals surface area contributed by atoms with E-state index in [1.807, 2.05) is 20.8 Å². The van der Waals surface area contributed by atoms with Crippen molar-refractivity contribution in [3.05, 3.63) is 40.2 Å². The highest BCUT2D eigenvalue weighted by atomic mass is 32.2. The van der Waals surface area contributed by atoms with E-state index in [2.05, 4.69) is 20.4 Å². The number of aryl methyl sites for hydroxylation is 3. The summed E-state index contributed by atoms with van der Waals surface area (Å²) in [7, 11) is -3.87. The summed E-state index contributed by atoms with van der Waals surface area (Å²) in [5.41, 5.74) is 4.77. The fourth-order valence-electron chi connectivity index (χ4n) is 2.74. The average molecular weight is 435 g/mol. The molecule has 0 spiro atoms. The van der Waals surface area contributed by atoms with Crippen LogP contribution in [-0.2, 0) is 14.8 Å². The first-order chi connectivity index (χ1) is 13.5. The maximum atomic E-state index is 12.4. The van der Waals surface area contributed by atoms with Gasteiger partial charge in [-0.05, 0) is 63.4 Å². The van der Waals surface area contributed by atoms with Gasteiger partial charge in [0, 0.05) is 17.1 Å². The number of carbonyl (C=O) groups is 1. The molecule has 3 aromatic rings. The van der Waals surface area contributed by atoms with Crippen LogP contribution in [0.3, 0.4) is 0 Å². The Labute approximate surface area is 173 Å². The fourth-order valence-corrected chi connectivity index (χ4v) is 3.98. The molecule has 0 saturated carbocycles. The number of fused-ring (bicyclic) bond motifs is 1. The molecular weight excluding hydrogens is 412 g/mol. The Morgan fingerprint density at radius 3 is 2.48 bits per heavy atom. The number of hydrogen-bond acceptors (Lipinski definition) is 7. The molecule has 0 bridgehead atoms. The molecule has 3 rings (SSSR count). The third-order valence-electron chi connectivity index (χ3n) is 4.82. The molecule has 9 nitrogen and oxygen atoms in total. The van der Waals surface area contributed by atoms with Gasteiger partial charge < -0.3 is 5.32 Å². The van der Waals surface area contributed by atoms with Crippen molar-refractivity contribution in [2.24, 2.45) is 5.14 Å². The predicted molar refractivity (Wildman–Crippen MR) is 112 cm³/mol. The number of nitrogens with two attached hydrogens (primary N) is 1. The summed E-state index contributed by atoms with van der Waals surface area (Å²) in [5.74, 6) is 0.243. The summed E-state index contributed by atoms with van der Waals surface area (Å²) in [6.07, 6.45) is 0. The molecule has 0 aliphatic rings. The van der Waals surface area contributed by atoms with E-state index in [0.29, 0.717) is 22.2 Å². The van der Waals surface area contributed by atoms with Crippen LogP contribution in [-0.4, -0.2) is 39.7 Å². The van der Waals surface area contributed by atoms with E-state index < -0.39 is 10.0 Å². The molecule has 0 atom stereocenters. The number of amides is 1. The Hall–Kier alpha value is -2.50. The number of aromatic nitrogens is 4. The van der Waals surface area contributed by atoms with Gasteiger partial charge in [-0.1, -0.05) is 11.8 Å². The number of anilines is 1. The van der Waals surface area contributed by atoms with Gasteiger partial charge in [0.25, 0.3) is 5.78 Å². The minimum Gasteiger partial charge on any atom is -0.325 e. The number of hydrogen-bond donors (Lipinski definition) is 2. The second-order valence-electron chi connectivity index (χ2n) is 6.81. The standard InChI is InChI=1S/C18H22N6O3S2/c1-9-6-14(29(19,26)27)7-15(10(9)2)21-16(25)8-28-18-22-17-20-12(4)11(3)13(5)24(17)23-18/h6-7H,8H2,1-5H3,(H,21,25)(H2,19,26,27). The molecule has 0 fully saturated rings. The number of sulfonamides is 1. The van der Waals surface area contributed by atoms with Crippen molar-refractivity contribution in [1.82, 2.24) is 19.6 Å². The molecule has 11 heteroatoms. The Morgan fingerprint density at radius 2 is 1.83 bits per heavy atom. The second kappa shape index (κ2) is 7.73. The highest BCUT2D eigenvalue weighted by molar-refractivity contribution is 7.99. The number of carbonyl (C=O) groups excluding carboxylic acids is 1. The molecule has 1 aromatic carbocycles. The van der Waals surface area contributed by atoms with Crippen LogP contribution in [0.4, 0.5) is 5.69 Å². The first-order valence-electron chi connectivity index (χ1n) is 8.74. The first-order valence-corrected chi connectivity index (χ1v) is 11.3. The zero-order valence-corrected chi connectivity index (χ0v) is 18.4. The Bertz CT molecular complexity index is 1230. The van der Waals surface area contributed by atoms with E-state index in [1.54, 1.807) is 18.4 Å². The quantitative estimate of drug-likeness (QED) is 0.587. The maximum Gasteiger partial charge on any atom is 0.253 e. The van der Waals surface area contributed by atoms with E-state index in [9.17, 15) is 13.2 Å². The summed E-state index contributed by atoms with van der Waals surface area (Å²) in [5, 5.41) is 12.8. The number of nitrogens with one attached hydrogen (secondary N) is 1.